The SMILES string of the molecule is O=S(=O)(c1ccc(N2CNCCCNCCCNCCCNC2)cc1)c1ccc(N2CNCCCNCCCNCCCNC2)cc1. The molecule has 2 aliphatic heterocycles. The fourth-order valence-electron chi connectivity index (χ4n) is 5.67. The molecule has 2 saturated heterocycles. The lowest BCUT2D eigenvalue weighted by Gasteiger charge is -2.26. The van der Waals surface area contributed by atoms with Gasteiger partial charge in [-0.3, -0.25) is 21.3 Å². The van der Waals surface area contributed by atoms with Crippen molar-refractivity contribution in [3.05, 3.63) is 48.5 Å². The molecule has 0 unspecified atom stereocenters. The molecule has 2 heterocycles. The predicted octanol–water partition coefficient (Wildman–Crippen LogP) is 1.05. The van der Waals surface area contributed by atoms with Crippen molar-refractivity contribution in [1.29, 1.82) is 0 Å². The summed E-state index contributed by atoms with van der Waals surface area (Å²) in [5.41, 5.74) is 1.96. The van der Waals surface area contributed by atoms with Crippen LogP contribution in [0.25, 0.3) is 0 Å². The van der Waals surface area contributed by atoms with Crippen molar-refractivity contribution in [3.63, 3.8) is 0 Å². The molecule has 264 valence electrons. The van der Waals surface area contributed by atoms with E-state index in [0.29, 0.717) is 36.5 Å². The average Bonchev–Trinajstić information content (AvgIpc) is 3.08. The molecule has 2 aromatic rings. The number of nitrogens with one attached hydrogen (secondary N) is 8. The van der Waals surface area contributed by atoms with E-state index in [-0.39, 0.29) is 0 Å². The van der Waals surface area contributed by atoms with Gasteiger partial charge in [-0.05, 0) is 166 Å². The van der Waals surface area contributed by atoms with Gasteiger partial charge in [-0.15, -0.1) is 0 Å². The van der Waals surface area contributed by atoms with E-state index in [1.165, 1.54) is 0 Å². The van der Waals surface area contributed by atoms with Gasteiger partial charge in [0.25, 0.3) is 0 Å². The third-order valence-electron chi connectivity index (χ3n) is 8.48. The molecule has 13 heteroatoms. The minimum Gasteiger partial charge on any atom is -0.346 e. The molecule has 2 aliphatic rings. The molecular formula is C34H60N10O2S. The molecule has 2 fully saturated rings. The van der Waals surface area contributed by atoms with Gasteiger partial charge in [0.15, 0.2) is 0 Å². The standard InChI is InChI=1S/C34H60N10O2S/c45-47(46,33-11-7-31(8-12-33)43-27-39-23-3-19-35-15-1-16-36-20-4-24-40-28-43)34-13-9-32(10-14-34)44-29-41-25-5-21-37-17-2-18-38-22-6-26-42-30-44/h7-14,35-42H,1-6,15-30H2. The molecule has 0 atom stereocenters. The van der Waals surface area contributed by atoms with Crippen LogP contribution in [0.5, 0.6) is 0 Å². The molecule has 4 rings (SSSR count). The number of benzene rings is 2. The van der Waals surface area contributed by atoms with Crippen LogP contribution in [0.4, 0.5) is 11.4 Å². The van der Waals surface area contributed by atoms with Gasteiger partial charge in [0.05, 0.1) is 36.5 Å². The molecule has 0 aromatic heterocycles. The van der Waals surface area contributed by atoms with E-state index in [4.69, 9.17) is 0 Å². The highest BCUT2D eigenvalue weighted by atomic mass is 32.2. The Labute approximate surface area is 283 Å². The second-order valence-corrected chi connectivity index (χ2v) is 14.3. The number of hydrogen-bond donors (Lipinski definition) is 8. The van der Waals surface area contributed by atoms with Crippen molar-refractivity contribution < 1.29 is 8.42 Å². The Bertz CT molecular complexity index is 1080. The van der Waals surface area contributed by atoms with Crippen LogP contribution in [0.15, 0.2) is 58.3 Å². The van der Waals surface area contributed by atoms with Crippen molar-refractivity contribution in [2.45, 2.75) is 48.3 Å². The largest absolute Gasteiger partial charge is 0.346 e. The average molecular weight is 673 g/mol. The summed E-state index contributed by atoms with van der Waals surface area (Å²) < 4.78 is 27.3. The molecule has 47 heavy (non-hydrogen) atoms. The highest BCUT2D eigenvalue weighted by Gasteiger charge is 2.19. The van der Waals surface area contributed by atoms with E-state index in [2.05, 4.69) is 52.3 Å². The summed E-state index contributed by atoms with van der Waals surface area (Å²) >= 11 is 0. The van der Waals surface area contributed by atoms with E-state index in [9.17, 15) is 8.42 Å². The quantitative estimate of drug-likeness (QED) is 0.236. The maximum atomic E-state index is 13.6. The van der Waals surface area contributed by atoms with E-state index in [1.54, 1.807) is 24.3 Å². The van der Waals surface area contributed by atoms with Crippen molar-refractivity contribution in [2.75, 3.05) is 115 Å². The number of hydrogen-bond acceptors (Lipinski definition) is 12. The highest BCUT2D eigenvalue weighted by Crippen LogP contribution is 2.25. The number of sulfone groups is 1. The summed E-state index contributed by atoms with van der Waals surface area (Å²) in [6.45, 7) is 14.6. The monoisotopic (exact) mass is 672 g/mol. The lowest BCUT2D eigenvalue weighted by molar-refractivity contribution is 0.527. The maximum Gasteiger partial charge on any atom is 0.206 e. The van der Waals surface area contributed by atoms with Gasteiger partial charge in [0.2, 0.25) is 9.84 Å². The summed E-state index contributed by atoms with van der Waals surface area (Å²) in [6, 6.07) is 14.6. The van der Waals surface area contributed by atoms with Crippen molar-refractivity contribution in [1.82, 2.24) is 42.5 Å². The van der Waals surface area contributed by atoms with Crippen LogP contribution in [0.2, 0.25) is 0 Å². The Morgan fingerprint density at radius 2 is 0.596 bits per heavy atom. The predicted molar refractivity (Wildman–Crippen MR) is 194 cm³/mol. The number of anilines is 2. The minimum absolute atomic E-state index is 0.303. The molecule has 12 nitrogen and oxygen atoms in total. The van der Waals surface area contributed by atoms with E-state index < -0.39 is 9.84 Å². The number of rotatable bonds is 4. The summed E-state index contributed by atoms with van der Waals surface area (Å²) in [7, 11) is -3.65. The van der Waals surface area contributed by atoms with Gasteiger partial charge in [-0.1, -0.05) is 0 Å². The summed E-state index contributed by atoms with van der Waals surface area (Å²) in [6.07, 6.45) is 6.54. The molecule has 0 spiro atoms. The van der Waals surface area contributed by atoms with Crippen molar-refractivity contribution in [2.24, 2.45) is 0 Å². The van der Waals surface area contributed by atoms with Gasteiger partial charge in [0, 0.05) is 11.4 Å². The first-order chi connectivity index (χ1) is 23.1. The molecular weight excluding hydrogens is 613 g/mol. The first-order valence-corrected chi connectivity index (χ1v) is 19.2. The van der Waals surface area contributed by atoms with E-state index in [1.807, 2.05) is 24.3 Å². The fourth-order valence-corrected chi connectivity index (χ4v) is 6.93. The normalized spacial score (nSPS) is 20.9. The van der Waals surface area contributed by atoms with Crippen LogP contribution >= 0.6 is 0 Å². The van der Waals surface area contributed by atoms with Crippen LogP contribution in [0.3, 0.4) is 0 Å². The molecule has 0 aliphatic carbocycles. The second kappa shape index (κ2) is 22.3. The van der Waals surface area contributed by atoms with E-state index in [0.717, 1.165) is 128 Å². The first-order valence-electron chi connectivity index (χ1n) is 17.8. The summed E-state index contributed by atoms with van der Waals surface area (Å²) in [4.78, 5) is 5.04. The van der Waals surface area contributed by atoms with Crippen LogP contribution in [-0.2, 0) is 9.84 Å². The zero-order chi connectivity index (χ0) is 32.8. The van der Waals surface area contributed by atoms with Gasteiger partial charge in [0.1, 0.15) is 0 Å². The van der Waals surface area contributed by atoms with Crippen molar-refractivity contribution in [3.8, 4) is 0 Å². The Morgan fingerprint density at radius 1 is 0.362 bits per heavy atom. The van der Waals surface area contributed by atoms with Gasteiger partial charge in [-0.25, -0.2) is 8.42 Å². The maximum absolute atomic E-state index is 13.6. The van der Waals surface area contributed by atoms with Crippen LogP contribution in [-0.4, -0.2) is 114 Å². The van der Waals surface area contributed by atoms with E-state index >= 15 is 0 Å². The third-order valence-corrected chi connectivity index (χ3v) is 10.3. The Balaban J connectivity index is 1.36. The Hall–Kier alpha value is -2.33. The number of nitrogens with zero attached hydrogens (tertiary/aromatic N) is 2. The zero-order valence-electron chi connectivity index (χ0n) is 28.3. The topological polar surface area (TPSA) is 137 Å². The highest BCUT2D eigenvalue weighted by molar-refractivity contribution is 7.91. The van der Waals surface area contributed by atoms with Crippen LogP contribution in [0, 0.1) is 0 Å². The smallest absolute Gasteiger partial charge is 0.206 e. The van der Waals surface area contributed by atoms with Gasteiger partial charge < -0.3 is 31.1 Å². The molecule has 8 N–H and O–H groups in total. The Kier molecular flexibility index (Phi) is 17.8. The molecule has 0 saturated carbocycles. The van der Waals surface area contributed by atoms with Crippen LogP contribution < -0.4 is 52.3 Å². The minimum atomic E-state index is -3.65. The fraction of sp³-hybridized carbons (Fsp3) is 0.647. The lowest BCUT2D eigenvalue weighted by Crippen LogP contribution is -2.42. The molecule has 0 bridgehead atoms. The summed E-state index contributed by atoms with van der Waals surface area (Å²) in [5.74, 6) is 0. The second-order valence-electron chi connectivity index (χ2n) is 12.3. The zero-order valence-corrected chi connectivity index (χ0v) is 29.1. The molecule has 0 amide bonds. The summed E-state index contributed by atoms with van der Waals surface area (Å²) in [5, 5.41) is 28.2. The van der Waals surface area contributed by atoms with Crippen molar-refractivity contribution >= 4 is 21.2 Å². The van der Waals surface area contributed by atoms with Crippen LogP contribution in [0.1, 0.15) is 38.5 Å². The molecule has 2 aromatic carbocycles. The third kappa shape index (κ3) is 14.0. The molecule has 0 radical (unpaired) electrons. The first kappa shape index (κ1) is 37.5. The van der Waals surface area contributed by atoms with Gasteiger partial charge in [-0.2, -0.15) is 0 Å². The Morgan fingerprint density at radius 3 is 0.851 bits per heavy atom. The van der Waals surface area contributed by atoms with Gasteiger partial charge >= 0.3 is 0 Å². The lowest BCUT2D eigenvalue weighted by atomic mass is 10.3.